The van der Waals surface area contributed by atoms with Crippen LogP contribution in [0.1, 0.15) is 47.3 Å². The van der Waals surface area contributed by atoms with E-state index in [1.165, 1.54) is 24.0 Å². The number of carbonyl (C=O) groups is 1. The van der Waals surface area contributed by atoms with Crippen LogP contribution in [-0.2, 0) is 0 Å². The fourth-order valence-electron chi connectivity index (χ4n) is 4.24. The van der Waals surface area contributed by atoms with Gasteiger partial charge in [0.25, 0.3) is 5.91 Å². The number of benzene rings is 1. The van der Waals surface area contributed by atoms with E-state index in [1.807, 2.05) is 17.3 Å². The molecule has 1 aromatic heterocycles. The van der Waals surface area contributed by atoms with Crippen molar-refractivity contribution < 1.29 is 4.79 Å². The molecule has 1 amide bonds. The van der Waals surface area contributed by atoms with Crippen LogP contribution in [0.4, 0.5) is 0 Å². The lowest BCUT2D eigenvalue weighted by Gasteiger charge is -2.35. The van der Waals surface area contributed by atoms with Gasteiger partial charge in [-0.25, -0.2) is 4.98 Å². The van der Waals surface area contributed by atoms with Crippen LogP contribution in [0.2, 0.25) is 0 Å². The minimum absolute atomic E-state index is 0. The Morgan fingerprint density at radius 1 is 1.23 bits per heavy atom. The van der Waals surface area contributed by atoms with Crippen molar-refractivity contribution in [3.63, 3.8) is 0 Å². The third-order valence-corrected chi connectivity index (χ3v) is 6.53. The Morgan fingerprint density at radius 3 is 2.58 bits per heavy atom. The molecular weight excluding hydrogens is 366 g/mol. The Bertz CT molecular complexity index is 794. The number of aromatic nitrogens is 1. The highest BCUT2D eigenvalue weighted by atomic mass is 35.5. The smallest absolute Gasteiger partial charge is 0.273 e. The molecule has 1 N–H and O–H groups in total. The second kappa shape index (κ2) is 7.67. The van der Waals surface area contributed by atoms with E-state index in [0.717, 1.165) is 23.4 Å². The van der Waals surface area contributed by atoms with Crippen LogP contribution in [0.5, 0.6) is 0 Å². The first-order chi connectivity index (χ1) is 12.0. The standard InChI is InChI=1S/C20H25N3OS.ClH/c1-12-4-7-17(13(2)8-12)19-22-18(11-25-19)20(24)23(3)16-9-14-5-6-15(10-16)21-14;/h4,7-8,11,14-16,21H,5-6,9-10H2,1-3H3;1H. The van der Waals surface area contributed by atoms with E-state index in [-0.39, 0.29) is 18.3 Å². The second-order valence-electron chi connectivity index (χ2n) is 7.54. The zero-order valence-electron chi connectivity index (χ0n) is 15.5. The maximum absolute atomic E-state index is 12.9. The van der Waals surface area contributed by atoms with Gasteiger partial charge in [-0.1, -0.05) is 23.8 Å². The number of hydrogen-bond donors (Lipinski definition) is 1. The molecule has 0 spiro atoms. The molecule has 2 aromatic rings. The molecule has 0 saturated carbocycles. The van der Waals surface area contributed by atoms with Crippen LogP contribution in [-0.4, -0.2) is 41.0 Å². The van der Waals surface area contributed by atoms with Crippen molar-refractivity contribution in [2.45, 2.75) is 57.7 Å². The van der Waals surface area contributed by atoms with Crippen molar-refractivity contribution in [1.82, 2.24) is 15.2 Å². The molecule has 0 aliphatic carbocycles. The Kier molecular flexibility index (Phi) is 5.70. The Labute approximate surface area is 165 Å². The molecule has 140 valence electrons. The summed E-state index contributed by atoms with van der Waals surface area (Å²) in [6.45, 7) is 4.19. The van der Waals surface area contributed by atoms with Crippen molar-refractivity contribution in [2.24, 2.45) is 0 Å². The summed E-state index contributed by atoms with van der Waals surface area (Å²) in [4.78, 5) is 19.5. The quantitative estimate of drug-likeness (QED) is 0.852. The fourth-order valence-corrected chi connectivity index (χ4v) is 5.12. The van der Waals surface area contributed by atoms with Crippen molar-refractivity contribution >= 4 is 29.7 Å². The van der Waals surface area contributed by atoms with E-state index in [9.17, 15) is 4.79 Å². The van der Waals surface area contributed by atoms with Crippen molar-refractivity contribution in [3.05, 3.63) is 40.4 Å². The number of fused-ring (bicyclic) bond motifs is 2. The number of piperidine rings is 1. The predicted molar refractivity (Wildman–Crippen MR) is 109 cm³/mol. The van der Waals surface area contributed by atoms with E-state index >= 15 is 0 Å². The van der Waals surface area contributed by atoms with E-state index < -0.39 is 0 Å². The van der Waals surface area contributed by atoms with Crippen molar-refractivity contribution in [3.8, 4) is 10.6 Å². The van der Waals surface area contributed by atoms with Gasteiger partial charge in [0.2, 0.25) is 0 Å². The number of rotatable bonds is 3. The summed E-state index contributed by atoms with van der Waals surface area (Å²) in [5.41, 5.74) is 4.15. The molecule has 0 radical (unpaired) electrons. The number of amides is 1. The largest absolute Gasteiger partial charge is 0.337 e. The van der Waals surface area contributed by atoms with Crippen LogP contribution in [0, 0.1) is 13.8 Å². The van der Waals surface area contributed by atoms with Crippen LogP contribution in [0.15, 0.2) is 23.6 Å². The molecule has 4 rings (SSSR count). The highest BCUT2D eigenvalue weighted by molar-refractivity contribution is 7.13. The fraction of sp³-hybridized carbons (Fsp3) is 0.500. The van der Waals surface area contributed by atoms with E-state index in [4.69, 9.17) is 0 Å². The third kappa shape index (κ3) is 3.66. The lowest BCUT2D eigenvalue weighted by molar-refractivity contribution is 0.0676. The first kappa shape index (κ1) is 19.3. The first-order valence-corrected chi connectivity index (χ1v) is 9.95. The lowest BCUT2D eigenvalue weighted by atomic mass is 9.98. The van der Waals surface area contributed by atoms with Crippen LogP contribution < -0.4 is 5.32 Å². The van der Waals surface area contributed by atoms with Crippen molar-refractivity contribution in [1.29, 1.82) is 0 Å². The molecule has 6 heteroatoms. The number of thiazole rings is 1. The number of halogens is 1. The van der Waals surface area contributed by atoms with Gasteiger partial charge in [-0.15, -0.1) is 23.7 Å². The molecule has 2 aliphatic heterocycles. The maximum atomic E-state index is 12.9. The van der Waals surface area contributed by atoms with E-state index in [2.05, 4.69) is 42.3 Å². The molecule has 2 bridgehead atoms. The normalized spacial score (nSPS) is 24.2. The summed E-state index contributed by atoms with van der Waals surface area (Å²) in [6.07, 6.45) is 4.62. The summed E-state index contributed by atoms with van der Waals surface area (Å²) in [5.74, 6) is 0.0542. The zero-order chi connectivity index (χ0) is 17.6. The van der Waals surface area contributed by atoms with Gasteiger partial charge in [0.1, 0.15) is 10.7 Å². The number of hydrogen-bond acceptors (Lipinski definition) is 4. The number of aryl methyl sites for hydroxylation is 2. The van der Waals surface area contributed by atoms with Gasteiger partial charge in [0.05, 0.1) is 0 Å². The molecule has 2 fully saturated rings. The highest BCUT2D eigenvalue weighted by Gasteiger charge is 2.36. The molecule has 1 aromatic carbocycles. The molecule has 26 heavy (non-hydrogen) atoms. The van der Waals surface area contributed by atoms with Crippen molar-refractivity contribution in [2.75, 3.05) is 7.05 Å². The van der Waals surface area contributed by atoms with Gasteiger partial charge >= 0.3 is 0 Å². The summed E-state index contributed by atoms with van der Waals surface area (Å²) in [7, 11) is 1.94. The van der Waals surface area contributed by atoms with Gasteiger partial charge in [0.15, 0.2) is 0 Å². The maximum Gasteiger partial charge on any atom is 0.273 e. The Hall–Kier alpha value is -1.43. The minimum Gasteiger partial charge on any atom is -0.337 e. The van der Waals surface area contributed by atoms with Gasteiger partial charge in [-0.2, -0.15) is 0 Å². The predicted octanol–water partition coefficient (Wildman–Crippen LogP) is 4.20. The van der Waals surface area contributed by atoms with Crippen LogP contribution >= 0.6 is 23.7 Å². The second-order valence-corrected chi connectivity index (χ2v) is 8.39. The third-order valence-electron chi connectivity index (χ3n) is 5.65. The lowest BCUT2D eigenvalue weighted by Crippen LogP contribution is -2.48. The van der Waals surface area contributed by atoms with Gasteiger partial charge < -0.3 is 10.2 Å². The topological polar surface area (TPSA) is 45.2 Å². The summed E-state index contributed by atoms with van der Waals surface area (Å²) < 4.78 is 0. The molecule has 2 atom stereocenters. The Balaban J connectivity index is 0.00000196. The minimum atomic E-state index is 0. The average Bonchev–Trinajstić information content (AvgIpc) is 3.20. The van der Waals surface area contributed by atoms with E-state index in [0.29, 0.717) is 23.8 Å². The molecule has 2 saturated heterocycles. The SMILES string of the molecule is Cc1ccc(-c2nc(C(=O)N(C)C3CC4CCC(C3)N4)cs2)c(C)c1.Cl. The van der Waals surface area contributed by atoms with Gasteiger partial charge in [0, 0.05) is 36.1 Å². The average molecular weight is 392 g/mol. The van der Waals surface area contributed by atoms with Crippen LogP contribution in [0.3, 0.4) is 0 Å². The Morgan fingerprint density at radius 2 is 1.92 bits per heavy atom. The van der Waals surface area contributed by atoms with E-state index in [1.54, 1.807) is 11.3 Å². The van der Waals surface area contributed by atoms with Gasteiger partial charge in [-0.05, 0) is 45.1 Å². The first-order valence-electron chi connectivity index (χ1n) is 9.07. The molecule has 2 unspecified atom stereocenters. The summed E-state index contributed by atoms with van der Waals surface area (Å²) in [5, 5.41) is 6.47. The number of nitrogens with one attached hydrogen (secondary N) is 1. The highest BCUT2D eigenvalue weighted by Crippen LogP contribution is 2.31. The molecule has 2 aliphatic rings. The zero-order valence-corrected chi connectivity index (χ0v) is 17.1. The van der Waals surface area contributed by atoms with Crippen LogP contribution in [0.25, 0.3) is 10.6 Å². The number of carbonyl (C=O) groups excluding carboxylic acids is 1. The summed E-state index contributed by atoms with van der Waals surface area (Å²) in [6, 6.07) is 7.86. The van der Waals surface area contributed by atoms with Gasteiger partial charge in [-0.3, -0.25) is 4.79 Å². The molecule has 3 heterocycles. The number of nitrogens with zero attached hydrogens (tertiary/aromatic N) is 2. The molecular formula is C20H26ClN3OS. The summed E-state index contributed by atoms with van der Waals surface area (Å²) >= 11 is 1.56. The molecule has 4 nitrogen and oxygen atoms in total. The monoisotopic (exact) mass is 391 g/mol.